The molecule has 152 valence electrons. The normalized spacial score (nSPS) is 13.9. The Labute approximate surface area is 177 Å². The van der Waals surface area contributed by atoms with Crippen molar-refractivity contribution in [3.05, 3.63) is 71.5 Å². The Morgan fingerprint density at radius 1 is 1.03 bits per heavy atom. The van der Waals surface area contributed by atoms with Crippen LogP contribution in [0.2, 0.25) is 0 Å². The molecule has 1 fully saturated rings. The Hall–Kier alpha value is -3.59. The lowest BCUT2D eigenvalue weighted by Gasteiger charge is -2.37. The highest BCUT2D eigenvalue weighted by molar-refractivity contribution is 5.80. The van der Waals surface area contributed by atoms with E-state index in [-0.39, 0.29) is 5.91 Å². The van der Waals surface area contributed by atoms with Gasteiger partial charge < -0.3 is 9.80 Å². The molecule has 0 spiro atoms. The number of rotatable bonds is 4. The highest BCUT2D eigenvalue weighted by Crippen LogP contribution is 2.31. The third-order valence-corrected chi connectivity index (χ3v) is 5.59. The number of aromatic nitrogens is 2. The van der Waals surface area contributed by atoms with Crippen molar-refractivity contribution in [1.82, 2.24) is 14.7 Å². The molecule has 0 N–H and O–H groups in total. The summed E-state index contributed by atoms with van der Waals surface area (Å²) in [7, 11) is 0. The number of piperazine rings is 1. The molecule has 1 saturated heterocycles. The lowest BCUT2D eigenvalue weighted by Crippen LogP contribution is -2.49. The lowest BCUT2D eigenvalue weighted by atomic mass is 10.0. The summed E-state index contributed by atoms with van der Waals surface area (Å²) in [5.74, 6) is 0.112. The number of benzene rings is 2. The smallest absolute Gasteiger partial charge is 0.244 e. The first kappa shape index (κ1) is 19.7. The molecule has 6 heteroatoms. The average molecular weight is 399 g/mol. The molecule has 2 heterocycles. The second-order valence-corrected chi connectivity index (χ2v) is 7.66. The van der Waals surface area contributed by atoms with Crippen molar-refractivity contribution in [2.24, 2.45) is 0 Å². The zero-order chi connectivity index (χ0) is 21.1. The number of hydrogen-bond donors (Lipinski definition) is 0. The van der Waals surface area contributed by atoms with Crippen LogP contribution in [0, 0.1) is 25.2 Å². The fraction of sp³-hybridized carbons (Fsp3) is 0.292. The quantitative estimate of drug-likeness (QED) is 0.675. The van der Waals surface area contributed by atoms with E-state index in [4.69, 9.17) is 5.26 Å². The van der Waals surface area contributed by atoms with E-state index in [9.17, 15) is 4.79 Å². The Morgan fingerprint density at radius 2 is 1.73 bits per heavy atom. The maximum atomic E-state index is 12.7. The molecular weight excluding hydrogens is 374 g/mol. The van der Waals surface area contributed by atoms with Gasteiger partial charge >= 0.3 is 0 Å². The molecule has 1 amide bonds. The minimum atomic E-state index is 0.112. The number of hydrogen-bond acceptors (Lipinski definition) is 4. The molecule has 0 atom stereocenters. The van der Waals surface area contributed by atoms with Crippen LogP contribution in [0.25, 0.3) is 11.1 Å². The van der Waals surface area contributed by atoms with Crippen molar-refractivity contribution >= 4 is 11.6 Å². The van der Waals surface area contributed by atoms with Crippen LogP contribution in [-0.4, -0.2) is 46.8 Å². The molecule has 0 aliphatic carbocycles. The third-order valence-electron chi connectivity index (χ3n) is 5.59. The van der Waals surface area contributed by atoms with Crippen LogP contribution in [0.15, 0.2) is 54.6 Å². The van der Waals surface area contributed by atoms with Gasteiger partial charge in [0.1, 0.15) is 6.54 Å². The van der Waals surface area contributed by atoms with Gasteiger partial charge in [0.15, 0.2) is 0 Å². The van der Waals surface area contributed by atoms with Gasteiger partial charge in [0.05, 0.1) is 17.3 Å². The standard InChI is InChI=1S/C24H25N5O/c1-18-15-19(2)29(26-18)17-24(30)28-13-11-27(12-14-28)23-6-4-3-5-22(23)21-9-7-20(16-25)8-10-21/h3-10,15H,11-14,17H2,1-2H3. The summed E-state index contributed by atoms with van der Waals surface area (Å²) in [5, 5.41) is 13.4. The first-order chi connectivity index (χ1) is 14.5. The molecule has 0 saturated carbocycles. The summed E-state index contributed by atoms with van der Waals surface area (Å²) in [6.45, 7) is 7.18. The van der Waals surface area contributed by atoms with Gasteiger partial charge in [-0.2, -0.15) is 10.4 Å². The summed E-state index contributed by atoms with van der Waals surface area (Å²) in [5.41, 5.74) is 6.00. The summed E-state index contributed by atoms with van der Waals surface area (Å²) in [6, 6.07) is 20.2. The summed E-state index contributed by atoms with van der Waals surface area (Å²) in [6.07, 6.45) is 0. The van der Waals surface area contributed by atoms with Crippen molar-refractivity contribution in [3.8, 4) is 17.2 Å². The van der Waals surface area contributed by atoms with E-state index >= 15 is 0 Å². The second-order valence-electron chi connectivity index (χ2n) is 7.66. The Bertz CT molecular complexity index is 1090. The lowest BCUT2D eigenvalue weighted by molar-refractivity contribution is -0.132. The number of para-hydroxylation sites is 1. The molecule has 0 radical (unpaired) electrons. The van der Waals surface area contributed by atoms with Crippen LogP contribution in [0.4, 0.5) is 5.69 Å². The molecule has 2 aromatic carbocycles. The van der Waals surface area contributed by atoms with E-state index in [2.05, 4.69) is 28.2 Å². The summed E-state index contributed by atoms with van der Waals surface area (Å²) < 4.78 is 1.78. The monoisotopic (exact) mass is 399 g/mol. The number of nitrogens with zero attached hydrogens (tertiary/aromatic N) is 5. The van der Waals surface area contributed by atoms with Crippen molar-refractivity contribution < 1.29 is 4.79 Å². The fourth-order valence-corrected chi connectivity index (χ4v) is 3.98. The van der Waals surface area contributed by atoms with E-state index in [0.717, 1.165) is 41.3 Å². The molecule has 30 heavy (non-hydrogen) atoms. The minimum Gasteiger partial charge on any atom is -0.367 e. The van der Waals surface area contributed by atoms with Crippen LogP contribution in [-0.2, 0) is 11.3 Å². The van der Waals surface area contributed by atoms with Gasteiger partial charge in [0.25, 0.3) is 0 Å². The molecule has 3 aromatic rings. The molecule has 1 aliphatic heterocycles. The van der Waals surface area contributed by atoms with Gasteiger partial charge in [-0.15, -0.1) is 0 Å². The number of carbonyl (C=O) groups is 1. The Kier molecular flexibility index (Phi) is 5.53. The van der Waals surface area contributed by atoms with Crippen molar-refractivity contribution in [3.63, 3.8) is 0 Å². The van der Waals surface area contributed by atoms with E-state index in [1.165, 1.54) is 0 Å². The minimum absolute atomic E-state index is 0.112. The number of nitriles is 1. The largest absolute Gasteiger partial charge is 0.367 e. The van der Waals surface area contributed by atoms with Crippen LogP contribution < -0.4 is 4.90 Å². The van der Waals surface area contributed by atoms with Gasteiger partial charge in [0.2, 0.25) is 5.91 Å². The maximum absolute atomic E-state index is 12.7. The zero-order valence-corrected chi connectivity index (χ0v) is 17.4. The van der Waals surface area contributed by atoms with Gasteiger partial charge in [-0.25, -0.2) is 0 Å². The van der Waals surface area contributed by atoms with Crippen LogP contribution in [0.3, 0.4) is 0 Å². The number of carbonyl (C=O) groups excluding carboxylic acids is 1. The van der Waals surface area contributed by atoms with E-state index < -0.39 is 0 Å². The van der Waals surface area contributed by atoms with Gasteiger partial charge in [-0.3, -0.25) is 9.48 Å². The van der Waals surface area contributed by atoms with Crippen LogP contribution in [0.1, 0.15) is 17.0 Å². The van der Waals surface area contributed by atoms with E-state index in [0.29, 0.717) is 25.2 Å². The Balaban J connectivity index is 1.45. The average Bonchev–Trinajstić information content (AvgIpc) is 3.10. The molecular formula is C24H25N5O. The van der Waals surface area contributed by atoms with Gasteiger partial charge in [-0.05, 0) is 43.7 Å². The van der Waals surface area contributed by atoms with Gasteiger partial charge in [-0.1, -0.05) is 30.3 Å². The molecule has 0 bridgehead atoms. The molecule has 4 rings (SSSR count). The predicted octanol–water partition coefficient (Wildman–Crippen LogP) is 3.39. The highest BCUT2D eigenvalue weighted by atomic mass is 16.2. The van der Waals surface area contributed by atoms with E-state index in [1.807, 2.05) is 61.2 Å². The van der Waals surface area contributed by atoms with Crippen molar-refractivity contribution in [2.45, 2.75) is 20.4 Å². The van der Waals surface area contributed by atoms with Crippen LogP contribution >= 0.6 is 0 Å². The summed E-state index contributed by atoms with van der Waals surface area (Å²) >= 11 is 0. The zero-order valence-electron chi connectivity index (χ0n) is 17.4. The maximum Gasteiger partial charge on any atom is 0.244 e. The highest BCUT2D eigenvalue weighted by Gasteiger charge is 2.23. The van der Waals surface area contributed by atoms with E-state index in [1.54, 1.807) is 4.68 Å². The SMILES string of the molecule is Cc1cc(C)n(CC(=O)N2CCN(c3ccccc3-c3ccc(C#N)cc3)CC2)n1. The topological polar surface area (TPSA) is 65.2 Å². The van der Waals surface area contributed by atoms with Crippen LogP contribution in [0.5, 0.6) is 0 Å². The third kappa shape index (κ3) is 4.06. The fourth-order valence-electron chi connectivity index (χ4n) is 3.98. The molecule has 6 nitrogen and oxygen atoms in total. The molecule has 1 aliphatic rings. The number of amides is 1. The summed E-state index contributed by atoms with van der Waals surface area (Å²) in [4.78, 5) is 17.0. The first-order valence-electron chi connectivity index (χ1n) is 10.2. The van der Waals surface area contributed by atoms with Crippen molar-refractivity contribution in [2.75, 3.05) is 31.1 Å². The second kappa shape index (κ2) is 8.42. The molecule has 0 unspecified atom stereocenters. The Morgan fingerprint density at radius 3 is 2.37 bits per heavy atom. The first-order valence-corrected chi connectivity index (χ1v) is 10.2. The van der Waals surface area contributed by atoms with Gasteiger partial charge in [0, 0.05) is 43.1 Å². The number of anilines is 1. The predicted molar refractivity (Wildman–Crippen MR) is 117 cm³/mol. The van der Waals surface area contributed by atoms with Crippen molar-refractivity contribution in [1.29, 1.82) is 5.26 Å². The number of aryl methyl sites for hydroxylation is 2. The molecule has 1 aromatic heterocycles.